The van der Waals surface area contributed by atoms with Crippen molar-refractivity contribution in [2.75, 3.05) is 5.32 Å². The maximum absolute atomic E-state index is 13.4. The van der Waals surface area contributed by atoms with Crippen LogP contribution in [0.15, 0.2) is 85.3 Å². The number of carbonyl (C=O) groups is 1. The van der Waals surface area contributed by atoms with E-state index in [2.05, 4.69) is 21.5 Å². The normalized spacial score (nSPS) is 11.0. The molecule has 6 nitrogen and oxygen atoms in total. The molecule has 0 unspecified atom stereocenters. The third-order valence-electron chi connectivity index (χ3n) is 5.64. The quantitative estimate of drug-likeness (QED) is 0.402. The van der Waals surface area contributed by atoms with Gasteiger partial charge in [0.2, 0.25) is 0 Å². The Bertz CT molecular complexity index is 1440. The second-order valence-corrected chi connectivity index (χ2v) is 8.09. The number of hydrogen-bond acceptors (Lipinski definition) is 4. The highest BCUT2D eigenvalue weighted by molar-refractivity contribution is 6.12. The number of rotatable bonds is 5. The minimum atomic E-state index is -0.185. The Morgan fingerprint density at radius 1 is 0.970 bits per heavy atom. The number of anilines is 1. The SMILES string of the molecule is Cc1ccc(NC(=O)c2cc(-c3ccccc3)nc3c2cnn3Cc2ccncc2)c(C)c1. The molecule has 0 aliphatic carbocycles. The van der Waals surface area contributed by atoms with Gasteiger partial charge in [-0.3, -0.25) is 9.78 Å². The number of aryl methyl sites for hydroxylation is 2. The fraction of sp³-hybridized carbons (Fsp3) is 0.111. The molecule has 2 aromatic carbocycles. The zero-order valence-corrected chi connectivity index (χ0v) is 18.5. The maximum atomic E-state index is 13.4. The van der Waals surface area contributed by atoms with Gasteiger partial charge in [0, 0.05) is 23.6 Å². The van der Waals surface area contributed by atoms with Crippen molar-refractivity contribution in [2.24, 2.45) is 0 Å². The summed E-state index contributed by atoms with van der Waals surface area (Å²) < 4.78 is 1.82. The lowest BCUT2D eigenvalue weighted by Crippen LogP contribution is -2.14. The van der Waals surface area contributed by atoms with Crippen molar-refractivity contribution < 1.29 is 4.79 Å². The number of pyridine rings is 2. The number of hydrogen-bond donors (Lipinski definition) is 1. The fourth-order valence-corrected chi connectivity index (χ4v) is 3.91. The van der Waals surface area contributed by atoms with Gasteiger partial charge in [0.25, 0.3) is 5.91 Å². The summed E-state index contributed by atoms with van der Waals surface area (Å²) in [5.74, 6) is -0.185. The van der Waals surface area contributed by atoms with Gasteiger partial charge in [-0.05, 0) is 49.2 Å². The summed E-state index contributed by atoms with van der Waals surface area (Å²) in [4.78, 5) is 22.4. The van der Waals surface area contributed by atoms with Crippen LogP contribution in [0.3, 0.4) is 0 Å². The average molecular weight is 434 g/mol. The zero-order valence-electron chi connectivity index (χ0n) is 18.5. The van der Waals surface area contributed by atoms with E-state index in [1.54, 1.807) is 18.6 Å². The van der Waals surface area contributed by atoms with Gasteiger partial charge in [-0.25, -0.2) is 9.67 Å². The van der Waals surface area contributed by atoms with Crippen LogP contribution in [-0.4, -0.2) is 25.7 Å². The molecule has 0 fully saturated rings. The molecule has 162 valence electrons. The monoisotopic (exact) mass is 433 g/mol. The summed E-state index contributed by atoms with van der Waals surface area (Å²) in [6.45, 7) is 4.57. The van der Waals surface area contributed by atoms with Crippen molar-refractivity contribution in [1.29, 1.82) is 0 Å². The van der Waals surface area contributed by atoms with Gasteiger partial charge in [-0.1, -0.05) is 48.0 Å². The first-order chi connectivity index (χ1) is 16.1. The fourth-order valence-electron chi connectivity index (χ4n) is 3.91. The number of benzene rings is 2. The number of nitrogens with zero attached hydrogens (tertiary/aromatic N) is 4. The predicted octanol–water partition coefficient (Wildman–Crippen LogP) is 5.41. The van der Waals surface area contributed by atoms with Gasteiger partial charge in [-0.15, -0.1) is 0 Å². The van der Waals surface area contributed by atoms with Crippen LogP contribution in [0, 0.1) is 13.8 Å². The molecule has 0 aliphatic heterocycles. The molecule has 5 aromatic rings. The van der Waals surface area contributed by atoms with E-state index < -0.39 is 0 Å². The Kier molecular flexibility index (Phi) is 5.40. The van der Waals surface area contributed by atoms with Gasteiger partial charge >= 0.3 is 0 Å². The summed E-state index contributed by atoms with van der Waals surface area (Å²) in [6, 6.07) is 21.6. The first kappa shape index (κ1) is 20.6. The number of nitrogens with one attached hydrogen (secondary N) is 1. The summed E-state index contributed by atoms with van der Waals surface area (Å²) in [5, 5.41) is 8.34. The first-order valence-corrected chi connectivity index (χ1v) is 10.8. The van der Waals surface area contributed by atoms with Crippen molar-refractivity contribution in [3.8, 4) is 11.3 Å². The summed E-state index contributed by atoms with van der Waals surface area (Å²) in [5.41, 5.74) is 6.90. The van der Waals surface area contributed by atoms with Gasteiger partial charge in [0.1, 0.15) is 0 Å². The first-order valence-electron chi connectivity index (χ1n) is 10.8. The van der Waals surface area contributed by atoms with Crippen LogP contribution < -0.4 is 5.32 Å². The van der Waals surface area contributed by atoms with E-state index in [4.69, 9.17) is 4.98 Å². The van der Waals surface area contributed by atoms with Gasteiger partial charge < -0.3 is 5.32 Å². The van der Waals surface area contributed by atoms with E-state index in [1.165, 1.54) is 0 Å². The molecule has 33 heavy (non-hydrogen) atoms. The highest BCUT2D eigenvalue weighted by Crippen LogP contribution is 2.27. The van der Waals surface area contributed by atoms with Crippen LogP contribution in [0.5, 0.6) is 0 Å². The summed E-state index contributed by atoms with van der Waals surface area (Å²) in [6.07, 6.45) is 5.23. The molecule has 0 saturated carbocycles. The Morgan fingerprint density at radius 2 is 1.76 bits per heavy atom. The van der Waals surface area contributed by atoms with E-state index >= 15 is 0 Å². The van der Waals surface area contributed by atoms with Gasteiger partial charge in [0.15, 0.2) is 5.65 Å². The molecule has 0 spiro atoms. The molecule has 3 aromatic heterocycles. The van der Waals surface area contributed by atoms with Crippen LogP contribution in [0.1, 0.15) is 27.0 Å². The third kappa shape index (κ3) is 4.23. The molecule has 0 radical (unpaired) electrons. The standard InChI is InChI=1S/C27H23N5O/c1-18-8-9-24(19(2)14-18)31-27(33)22-15-25(21-6-4-3-5-7-21)30-26-23(22)16-29-32(26)17-20-10-12-28-13-11-20/h3-16H,17H2,1-2H3,(H,31,33). The van der Waals surface area contributed by atoms with Gasteiger partial charge in [-0.2, -0.15) is 5.10 Å². The van der Waals surface area contributed by atoms with E-state index in [9.17, 15) is 4.79 Å². The lowest BCUT2D eigenvalue weighted by atomic mass is 10.1. The molecular weight excluding hydrogens is 410 g/mol. The smallest absolute Gasteiger partial charge is 0.256 e. The number of aromatic nitrogens is 4. The number of fused-ring (bicyclic) bond motifs is 1. The van der Waals surface area contributed by atoms with Crippen LogP contribution in [0.2, 0.25) is 0 Å². The largest absolute Gasteiger partial charge is 0.322 e. The molecule has 0 aliphatic rings. The lowest BCUT2D eigenvalue weighted by Gasteiger charge is -2.12. The van der Waals surface area contributed by atoms with Crippen molar-refractivity contribution in [3.63, 3.8) is 0 Å². The number of carbonyl (C=O) groups excluding carboxylic acids is 1. The Morgan fingerprint density at radius 3 is 2.52 bits per heavy atom. The maximum Gasteiger partial charge on any atom is 0.256 e. The predicted molar refractivity (Wildman–Crippen MR) is 130 cm³/mol. The molecule has 0 atom stereocenters. The Balaban J connectivity index is 1.61. The molecule has 1 N–H and O–H groups in total. The molecule has 0 bridgehead atoms. The van der Waals surface area contributed by atoms with Crippen LogP contribution in [0.25, 0.3) is 22.3 Å². The number of amides is 1. The van der Waals surface area contributed by atoms with Crippen LogP contribution in [0.4, 0.5) is 5.69 Å². The van der Waals surface area contributed by atoms with Crippen LogP contribution in [-0.2, 0) is 6.54 Å². The Labute approximate surface area is 192 Å². The molecule has 3 heterocycles. The lowest BCUT2D eigenvalue weighted by molar-refractivity contribution is 0.102. The van der Waals surface area contributed by atoms with Crippen LogP contribution >= 0.6 is 0 Å². The topological polar surface area (TPSA) is 72.7 Å². The molecule has 1 amide bonds. The van der Waals surface area contributed by atoms with E-state index in [0.29, 0.717) is 23.1 Å². The van der Waals surface area contributed by atoms with Crippen molar-refractivity contribution in [3.05, 3.63) is 108 Å². The minimum Gasteiger partial charge on any atom is -0.322 e. The average Bonchev–Trinajstić information content (AvgIpc) is 3.24. The van der Waals surface area contributed by atoms with Crippen molar-refractivity contribution in [2.45, 2.75) is 20.4 Å². The second kappa shape index (κ2) is 8.67. The molecule has 6 heteroatoms. The Hall–Kier alpha value is -4.32. The van der Waals surface area contributed by atoms with E-state index in [1.807, 2.05) is 79.2 Å². The molecule has 0 saturated heterocycles. The van der Waals surface area contributed by atoms with E-state index in [0.717, 1.165) is 33.6 Å². The second-order valence-electron chi connectivity index (χ2n) is 8.09. The highest BCUT2D eigenvalue weighted by atomic mass is 16.1. The third-order valence-corrected chi connectivity index (χ3v) is 5.64. The van der Waals surface area contributed by atoms with E-state index in [-0.39, 0.29) is 5.91 Å². The highest BCUT2D eigenvalue weighted by Gasteiger charge is 2.18. The molecular formula is C27H23N5O. The minimum absolute atomic E-state index is 0.185. The van der Waals surface area contributed by atoms with Crippen molar-refractivity contribution >= 4 is 22.6 Å². The summed E-state index contributed by atoms with van der Waals surface area (Å²) >= 11 is 0. The van der Waals surface area contributed by atoms with Gasteiger partial charge in [0.05, 0.1) is 29.4 Å². The van der Waals surface area contributed by atoms with Crippen molar-refractivity contribution in [1.82, 2.24) is 19.7 Å². The zero-order chi connectivity index (χ0) is 22.8. The summed E-state index contributed by atoms with van der Waals surface area (Å²) in [7, 11) is 0. The molecule has 5 rings (SSSR count).